The van der Waals surface area contributed by atoms with Crippen LogP contribution >= 0.6 is 11.3 Å². The summed E-state index contributed by atoms with van der Waals surface area (Å²) in [6, 6.07) is 5.18. The summed E-state index contributed by atoms with van der Waals surface area (Å²) in [5, 5.41) is 11.0. The van der Waals surface area contributed by atoms with E-state index < -0.39 is 12.2 Å². The normalized spacial score (nSPS) is 15.5. The molecule has 0 bridgehead atoms. The molecule has 1 heterocycles. The van der Waals surface area contributed by atoms with Crippen molar-refractivity contribution in [3.63, 3.8) is 0 Å². The van der Waals surface area contributed by atoms with Gasteiger partial charge in [0.1, 0.15) is 10.6 Å². The number of benzene rings is 1. The van der Waals surface area contributed by atoms with E-state index in [9.17, 15) is 13.9 Å². The van der Waals surface area contributed by atoms with E-state index in [0.717, 1.165) is 36.1 Å². The van der Waals surface area contributed by atoms with Gasteiger partial charge in [-0.25, -0.2) is 10.9 Å². The maximum Gasteiger partial charge on any atom is 0.387 e. The molecule has 9 heteroatoms. The smallest absolute Gasteiger partial charge is 0.387 e. The fourth-order valence-corrected chi connectivity index (χ4v) is 4.50. The van der Waals surface area contributed by atoms with Crippen molar-refractivity contribution in [1.29, 1.82) is 0 Å². The average molecular weight is 511 g/mol. The number of thiazole rings is 1. The van der Waals surface area contributed by atoms with E-state index in [0.29, 0.717) is 10.8 Å². The highest BCUT2D eigenvalue weighted by Crippen LogP contribution is 2.41. The van der Waals surface area contributed by atoms with E-state index in [1.54, 1.807) is 26.1 Å². The molecule has 2 aromatic rings. The van der Waals surface area contributed by atoms with Gasteiger partial charge in [0.15, 0.2) is 11.5 Å². The van der Waals surface area contributed by atoms with Crippen LogP contribution in [0.25, 0.3) is 0 Å². The standard InChI is InChI=1S/C25H31F2NO3S.CH5NO/c1-5-6-8-16(2)13-19(22-15-28-23(32-22)25(3,4)29)17-11-12-20(31-24(26)27)21(14-17)30-18-9-7-10-18;1-3-2/h5-6,8,11-12,14-15,18-19,24,29H,7,9-10,13H2,1-4H3;2H2,1H3/b6-5-,16-8+;. The molecule has 194 valence electrons. The number of nitrogens with two attached hydrogens (primary N) is 1. The topological polar surface area (TPSA) is 86.8 Å². The Morgan fingerprint density at radius 3 is 2.51 bits per heavy atom. The van der Waals surface area contributed by atoms with Crippen molar-refractivity contribution in [3.05, 3.63) is 63.6 Å². The molecule has 3 N–H and O–H groups in total. The van der Waals surface area contributed by atoms with Gasteiger partial charge in [-0.3, -0.25) is 0 Å². The predicted octanol–water partition coefficient (Wildman–Crippen LogP) is 6.45. The molecule has 1 aromatic carbocycles. The minimum Gasteiger partial charge on any atom is -0.487 e. The summed E-state index contributed by atoms with van der Waals surface area (Å²) in [4.78, 5) is 9.18. The van der Waals surface area contributed by atoms with Crippen LogP contribution in [0.3, 0.4) is 0 Å². The number of halogens is 2. The SMILES string of the molecule is C/C=C\C=C(/C)CC(c1ccc(OC(F)F)c(OC2CCC2)c1)c1cnc(C(C)(C)O)s1.CON. The van der Waals surface area contributed by atoms with Crippen LogP contribution in [0.1, 0.15) is 74.7 Å². The monoisotopic (exact) mass is 510 g/mol. The van der Waals surface area contributed by atoms with Gasteiger partial charge in [0, 0.05) is 17.0 Å². The summed E-state index contributed by atoms with van der Waals surface area (Å²) >= 11 is 1.46. The zero-order valence-corrected chi connectivity index (χ0v) is 21.8. The summed E-state index contributed by atoms with van der Waals surface area (Å²) in [5.74, 6) is 4.69. The molecule has 1 fully saturated rings. The minimum atomic E-state index is -2.91. The number of ether oxygens (including phenoxy) is 2. The van der Waals surface area contributed by atoms with Gasteiger partial charge >= 0.3 is 6.61 Å². The van der Waals surface area contributed by atoms with Crippen LogP contribution in [0, 0.1) is 0 Å². The molecule has 0 aliphatic heterocycles. The van der Waals surface area contributed by atoms with Gasteiger partial charge in [-0.1, -0.05) is 29.9 Å². The number of hydrogen-bond donors (Lipinski definition) is 2. The Hall–Kier alpha value is -2.33. The number of alkyl halides is 2. The van der Waals surface area contributed by atoms with Crippen molar-refractivity contribution in [2.75, 3.05) is 7.11 Å². The van der Waals surface area contributed by atoms with E-state index in [2.05, 4.69) is 28.7 Å². The van der Waals surface area contributed by atoms with Gasteiger partial charge in [-0.05, 0) is 71.1 Å². The number of aliphatic hydroxyl groups is 1. The molecule has 0 radical (unpaired) electrons. The van der Waals surface area contributed by atoms with Crippen LogP contribution < -0.4 is 15.4 Å². The summed E-state index contributed by atoms with van der Waals surface area (Å²) < 4.78 is 36.6. The molecule has 0 saturated heterocycles. The first-order valence-electron chi connectivity index (χ1n) is 11.5. The lowest BCUT2D eigenvalue weighted by Gasteiger charge is -2.28. The lowest BCUT2D eigenvalue weighted by Crippen LogP contribution is -2.25. The Morgan fingerprint density at radius 1 is 1.31 bits per heavy atom. The molecule has 1 saturated carbocycles. The molecule has 6 nitrogen and oxygen atoms in total. The molecular formula is C26H36F2N2O4S. The molecule has 0 spiro atoms. The summed E-state index contributed by atoms with van der Waals surface area (Å²) in [7, 11) is 1.40. The zero-order chi connectivity index (χ0) is 26.0. The molecule has 35 heavy (non-hydrogen) atoms. The predicted molar refractivity (Wildman–Crippen MR) is 135 cm³/mol. The number of aromatic nitrogens is 1. The van der Waals surface area contributed by atoms with Gasteiger partial charge in [-0.15, -0.1) is 11.3 Å². The first-order valence-corrected chi connectivity index (χ1v) is 12.4. The van der Waals surface area contributed by atoms with Crippen LogP contribution in [0.2, 0.25) is 0 Å². The van der Waals surface area contributed by atoms with Gasteiger partial charge in [0.2, 0.25) is 0 Å². The molecular weight excluding hydrogens is 474 g/mol. The maximum atomic E-state index is 12.9. The first kappa shape index (κ1) is 28.9. The second kappa shape index (κ2) is 13.7. The molecule has 1 aromatic heterocycles. The van der Waals surface area contributed by atoms with Crippen LogP contribution in [-0.2, 0) is 10.4 Å². The number of rotatable bonds is 10. The summed E-state index contributed by atoms with van der Waals surface area (Å²) in [5.41, 5.74) is 1.07. The third-order valence-electron chi connectivity index (χ3n) is 5.42. The molecule has 0 amide bonds. The molecule has 1 unspecified atom stereocenters. The van der Waals surface area contributed by atoms with Gasteiger partial charge in [-0.2, -0.15) is 8.78 Å². The Balaban J connectivity index is 0.00000137. The van der Waals surface area contributed by atoms with E-state index in [1.807, 2.05) is 31.2 Å². The number of allylic oxidation sites excluding steroid dienone is 4. The number of hydrogen-bond acceptors (Lipinski definition) is 7. The van der Waals surface area contributed by atoms with Crippen molar-refractivity contribution in [1.82, 2.24) is 4.98 Å². The van der Waals surface area contributed by atoms with Crippen molar-refractivity contribution >= 4 is 11.3 Å². The Bertz CT molecular complexity index is 982. The first-order chi connectivity index (χ1) is 16.6. The maximum absolute atomic E-state index is 12.9. The van der Waals surface area contributed by atoms with Crippen molar-refractivity contribution in [3.8, 4) is 11.5 Å². The van der Waals surface area contributed by atoms with E-state index in [-0.39, 0.29) is 17.8 Å². The minimum absolute atomic E-state index is 0.0326. The van der Waals surface area contributed by atoms with Crippen LogP contribution in [-0.4, -0.2) is 29.9 Å². The van der Waals surface area contributed by atoms with Crippen molar-refractivity contribution in [2.45, 2.75) is 77.6 Å². The molecule has 3 rings (SSSR count). The summed E-state index contributed by atoms with van der Waals surface area (Å²) in [6.07, 6.45) is 11.5. The van der Waals surface area contributed by atoms with Crippen LogP contribution in [0.5, 0.6) is 11.5 Å². The lowest BCUT2D eigenvalue weighted by atomic mass is 9.90. The van der Waals surface area contributed by atoms with Crippen molar-refractivity contribution in [2.24, 2.45) is 5.90 Å². The average Bonchev–Trinajstić information content (AvgIpc) is 3.25. The fraction of sp³-hybridized carbons (Fsp3) is 0.500. The van der Waals surface area contributed by atoms with Gasteiger partial charge in [0.25, 0.3) is 0 Å². The zero-order valence-electron chi connectivity index (χ0n) is 21.0. The molecule has 1 aliphatic carbocycles. The van der Waals surface area contributed by atoms with E-state index in [1.165, 1.54) is 24.0 Å². The molecule has 1 aliphatic rings. The second-order valence-corrected chi connectivity index (χ2v) is 9.98. The van der Waals surface area contributed by atoms with Crippen LogP contribution in [0.15, 0.2) is 48.2 Å². The highest BCUT2D eigenvalue weighted by molar-refractivity contribution is 7.11. The second-order valence-electron chi connectivity index (χ2n) is 8.91. The van der Waals surface area contributed by atoms with E-state index in [4.69, 9.17) is 9.47 Å². The van der Waals surface area contributed by atoms with Crippen molar-refractivity contribution < 1.29 is 28.2 Å². The largest absolute Gasteiger partial charge is 0.487 e. The highest BCUT2D eigenvalue weighted by atomic mass is 32.1. The summed E-state index contributed by atoms with van der Waals surface area (Å²) in [6.45, 7) is 4.53. The van der Waals surface area contributed by atoms with E-state index >= 15 is 0 Å². The van der Waals surface area contributed by atoms with Crippen LogP contribution in [0.4, 0.5) is 8.78 Å². The Labute approximate surface area is 210 Å². The fourth-order valence-electron chi connectivity index (χ4n) is 3.46. The quantitative estimate of drug-likeness (QED) is 0.282. The third-order valence-corrected chi connectivity index (χ3v) is 6.85. The van der Waals surface area contributed by atoms with Gasteiger partial charge in [0.05, 0.1) is 13.2 Å². The molecule has 1 atom stereocenters. The third kappa shape index (κ3) is 9.00. The Morgan fingerprint density at radius 2 is 2.00 bits per heavy atom. The van der Waals surface area contributed by atoms with Gasteiger partial charge < -0.3 is 19.4 Å². The number of nitrogens with zero attached hydrogens (tertiary/aromatic N) is 1. The Kier molecular flexibility index (Phi) is 11.3. The lowest BCUT2D eigenvalue weighted by molar-refractivity contribution is -0.0527. The highest BCUT2D eigenvalue weighted by Gasteiger charge is 2.27.